The Labute approximate surface area is 156 Å². The third-order valence-electron chi connectivity index (χ3n) is 3.46. The predicted molar refractivity (Wildman–Crippen MR) is 105 cm³/mol. The molecule has 0 atom stereocenters. The van der Waals surface area contributed by atoms with Crippen LogP contribution in [-0.2, 0) is 4.79 Å². The summed E-state index contributed by atoms with van der Waals surface area (Å²) in [5, 5.41) is 1.91. The highest BCUT2D eigenvalue weighted by Crippen LogP contribution is 2.34. The second-order valence-electron chi connectivity index (χ2n) is 5.17. The number of carbonyl (C=O) groups is 1. The number of aromatic nitrogens is 1. The normalized spacial score (nSPS) is 16.2. The van der Waals surface area contributed by atoms with Crippen molar-refractivity contribution in [3.63, 3.8) is 0 Å². The summed E-state index contributed by atoms with van der Waals surface area (Å²) in [5.74, 6) is -0.569. The second kappa shape index (κ2) is 6.55. The van der Waals surface area contributed by atoms with Gasteiger partial charge >= 0.3 is 0 Å². The summed E-state index contributed by atoms with van der Waals surface area (Å²) >= 11 is 7.94. The van der Waals surface area contributed by atoms with E-state index in [1.54, 1.807) is 18.2 Å². The molecule has 0 saturated carbocycles. The lowest BCUT2D eigenvalue weighted by molar-refractivity contribution is -0.121. The maximum atomic E-state index is 13.0. The first kappa shape index (κ1) is 16.2. The first-order chi connectivity index (χ1) is 12.1. The number of fused-ring (bicyclic) bond motifs is 1. The SMILES string of the molecule is O=C1/C(=C/c2ccc(F)cc2)SC(=S)N1Nc1nc2ccccc2s1. The molecule has 1 fully saturated rings. The number of carbonyl (C=O) groups excluding carboxylic acids is 1. The number of nitrogens with zero attached hydrogens (tertiary/aromatic N) is 2. The van der Waals surface area contributed by atoms with Crippen molar-refractivity contribution in [1.29, 1.82) is 0 Å². The molecule has 8 heteroatoms. The molecule has 1 aliphatic rings. The van der Waals surface area contributed by atoms with Crippen LogP contribution in [0.2, 0.25) is 0 Å². The topological polar surface area (TPSA) is 45.2 Å². The van der Waals surface area contributed by atoms with Gasteiger partial charge in [0.15, 0.2) is 4.32 Å². The van der Waals surface area contributed by atoms with Crippen molar-refractivity contribution in [3.8, 4) is 0 Å². The Morgan fingerprint density at radius 2 is 1.92 bits per heavy atom. The van der Waals surface area contributed by atoms with Crippen LogP contribution < -0.4 is 5.43 Å². The van der Waals surface area contributed by atoms with Gasteiger partial charge in [0.1, 0.15) is 5.82 Å². The Morgan fingerprint density at radius 1 is 1.16 bits per heavy atom. The van der Waals surface area contributed by atoms with Crippen molar-refractivity contribution < 1.29 is 9.18 Å². The molecule has 1 N–H and O–H groups in total. The molecular weight excluding hydrogens is 377 g/mol. The number of thiazole rings is 1. The fourth-order valence-corrected chi connectivity index (χ4v) is 4.32. The first-order valence-electron chi connectivity index (χ1n) is 7.26. The molecule has 2 aromatic carbocycles. The van der Waals surface area contributed by atoms with E-state index in [1.165, 1.54) is 40.2 Å². The van der Waals surface area contributed by atoms with Crippen molar-refractivity contribution in [2.75, 3.05) is 5.43 Å². The number of para-hydroxylation sites is 1. The van der Waals surface area contributed by atoms with Gasteiger partial charge in [-0.05, 0) is 48.1 Å². The summed E-state index contributed by atoms with van der Waals surface area (Å²) in [5.41, 5.74) is 4.58. The van der Waals surface area contributed by atoms with Gasteiger partial charge in [0.2, 0.25) is 5.13 Å². The van der Waals surface area contributed by atoms with Crippen LogP contribution >= 0.6 is 35.3 Å². The molecule has 4 nitrogen and oxygen atoms in total. The number of halogens is 1. The molecule has 1 aromatic heterocycles. The minimum Gasteiger partial charge on any atom is -0.266 e. The van der Waals surface area contributed by atoms with E-state index in [-0.39, 0.29) is 11.7 Å². The Kier molecular flexibility index (Phi) is 4.24. The molecule has 1 saturated heterocycles. The Bertz CT molecular complexity index is 980. The molecule has 25 heavy (non-hydrogen) atoms. The zero-order valence-electron chi connectivity index (χ0n) is 12.6. The van der Waals surface area contributed by atoms with Crippen molar-refractivity contribution >= 4 is 67.0 Å². The molecule has 3 aromatic rings. The summed E-state index contributed by atoms with van der Waals surface area (Å²) in [7, 11) is 0. The molecule has 0 spiro atoms. The molecule has 1 amide bonds. The van der Waals surface area contributed by atoms with Crippen LogP contribution in [0.3, 0.4) is 0 Å². The number of nitrogens with one attached hydrogen (secondary N) is 1. The van der Waals surface area contributed by atoms with Crippen molar-refractivity contribution in [2.24, 2.45) is 0 Å². The Hall–Kier alpha value is -2.29. The smallest absolute Gasteiger partial charge is 0.266 e. The van der Waals surface area contributed by atoms with Crippen LogP contribution in [0, 0.1) is 5.82 Å². The minimum absolute atomic E-state index is 0.251. The van der Waals surface area contributed by atoms with Gasteiger partial charge < -0.3 is 0 Å². The largest absolute Gasteiger partial charge is 0.285 e. The van der Waals surface area contributed by atoms with Crippen LogP contribution in [0.4, 0.5) is 9.52 Å². The third-order valence-corrected chi connectivity index (χ3v) is 5.71. The highest BCUT2D eigenvalue weighted by molar-refractivity contribution is 8.26. The fraction of sp³-hybridized carbons (Fsp3) is 0. The third kappa shape index (κ3) is 3.28. The van der Waals surface area contributed by atoms with Gasteiger partial charge in [-0.2, -0.15) is 5.01 Å². The number of thioether (sulfide) groups is 1. The van der Waals surface area contributed by atoms with Crippen molar-refractivity contribution in [3.05, 3.63) is 64.8 Å². The molecule has 0 radical (unpaired) electrons. The number of amides is 1. The summed E-state index contributed by atoms with van der Waals surface area (Å²) in [4.78, 5) is 17.5. The van der Waals surface area contributed by atoms with Gasteiger partial charge in [0.25, 0.3) is 5.91 Å². The minimum atomic E-state index is -0.317. The standard InChI is InChI=1S/C17H10FN3OS3/c18-11-7-5-10(6-8-11)9-14-15(22)21(17(23)25-14)20-16-19-12-3-1-2-4-13(12)24-16/h1-9H,(H,19,20)/b14-9-. The zero-order valence-corrected chi connectivity index (χ0v) is 15.1. The molecule has 0 aliphatic carbocycles. The average Bonchev–Trinajstić information content (AvgIpc) is 3.13. The van der Waals surface area contributed by atoms with Crippen LogP contribution in [0.25, 0.3) is 16.3 Å². The van der Waals surface area contributed by atoms with E-state index >= 15 is 0 Å². The van der Waals surface area contributed by atoms with E-state index in [0.29, 0.717) is 14.4 Å². The quantitative estimate of drug-likeness (QED) is 0.523. The summed E-state index contributed by atoms with van der Waals surface area (Å²) in [6.07, 6.45) is 1.69. The lowest BCUT2D eigenvalue weighted by Gasteiger charge is -2.14. The number of anilines is 1. The lowest BCUT2D eigenvalue weighted by atomic mass is 10.2. The molecule has 1 aliphatic heterocycles. The lowest BCUT2D eigenvalue weighted by Crippen LogP contribution is -2.33. The highest BCUT2D eigenvalue weighted by atomic mass is 32.2. The van der Waals surface area contributed by atoms with E-state index < -0.39 is 0 Å². The van der Waals surface area contributed by atoms with Crippen LogP contribution in [-0.4, -0.2) is 20.2 Å². The van der Waals surface area contributed by atoms with E-state index in [4.69, 9.17) is 12.2 Å². The summed E-state index contributed by atoms with van der Waals surface area (Å²) in [6, 6.07) is 13.7. The number of thiocarbonyl (C=S) groups is 1. The molecule has 0 unspecified atom stereocenters. The van der Waals surface area contributed by atoms with Crippen LogP contribution in [0.5, 0.6) is 0 Å². The monoisotopic (exact) mass is 387 g/mol. The van der Waals surface area contributed by atoms with Gasteiger partial charge in [-0.15, -0.1) is 0 Å². The van der Waals surface area contributed by atoms with E-state index in [1.807, 2.05) is 24.3 Å². The number of hydrazine groups is 1. The van der Waals surface area contributed by atoms with Crippen molar-refractivity contribution in [1.82, 2.24) is 9.99 Å². The number of hydrogen-bond donors (Lipinski definition) is 1. The molecule has 124 valence electrons. The van der Waals surface area contributed by atoms with E-state index in [9.17, 15) is 9.18 Å². The Balaban J connectivity index is 1.57. The van der Waals surface area contributed by atoms with Gasteiger partial charge in [-0.25, -0.2) is 9.37 Å². The zero-order chi connectivity index (χ0) is 17.4. The van der Waals surface area contributed by atoms with Gasteiger partial charge in [-0.3, -0.25) is 10.2 Å². The fourth-order valence-electron chi connectivity index (χ4n) is 2.29. The number of hydrogen-bond acceptors (Lipinski definition) is 6. The summed E-state index contributed by atoms with van der Waals surface area (Å²) < 4.78 is 14.4. The first-order valence-corrected chi connectivity index (χ1v) is 9.30. The van der Waals surface area contributed by atoms with Gasteiger partial charge in [0.05, 0.1) is 15.1 Å². The number of benzene rings is 2. The van der Waals surface area contributed by atoms with E-state index in [0.717, 1.165) is 15.8 Å². The van der Waals surface area contributed by atoms with Gasteiger partial charge in [0, 0.05) is 0 Å². The average molecular weight is 387 g/mol. The number of rotatable bonds is 3. The second-order valence-corrected chi connectivity index (χ2v) is 7.87. The maximum Gasteiger partial charge on any atom is 0.285 e. The van der Waals surface area contributed by atoms with Crippen LogP contribution in [0.1, 0.15) is 5.56 Å². The maximum absolute atomic E-state index is 13.0. The molecular formula is C17H10FN3OS3. The highest BCUT2D eigenvalue weighted by Gasteiger charge is 2.33. The van der Waals surface area contributed by atoms with Crippen LogP contribution in [0.15, 0.2) is 53.4 Å². The van der Waals surface area contributed by atoms with Gasteiger partial charge in [-0.1, -0.05) is 47.4 Å². The Morgan fingerprint density at radius 3 is 2.68 bits per heavy atom. The van der Waals surface area contributed by atoms with E-state index in [2.05, 4.69) is 10.4 Å². The predicted octanol–water partition coefficient (Wildman–Crippen LogP) is 4.66. The summed E-state index contributed by atoms with van der Waals surface area (Å²) in [6.45, 7) is 0. The van der Waals surface area contributed by atoms with Crippen molar-refractivity contribution in [2.45, 2.75) is 0 Å². The molecule has 4 rings (SSSR count). The molecule has 0 bridgehead atoms. The molecule has 2 heterocycles.